The van der Waals surface area contributed by atoms with E-state index >= 15 is 0 Å². The van der Waals surface area contributed by atoms with E-state index in [2.05, 4.69) is 41.2 Å². The van der Waals surface area contributed by atoms with E-state index in [4.69, 9.17) is 112 Å². The molecule has 4 unspecified atom stereocenters. The highest BCUT2D eigenvalue weighted by Crippen LogP contribution is 2.38. The average Bonchev–Trinajstić information content (AvgIpc) is 1.63. The van der Waals surface area contributed by atoms with E-state index in [1.807, 2.05) is 72.8 Å². The second-order valence-corrected chi connectivity index (χ2v) is 35.6. The van der Waals surface area contributed by atoms with E-state index in [0.29, 0.717) is 136 Å². The molecule has 0 fully saturated rings. The zero-order valence-corrected chi connectivity index (χ0v) is 83.0. The summed E-state index contributed by atoms with van der Waals surface area (Å²) in [6, 6.07) is 55.7. The van der Waals surface area contributed by atoms with E-state index in [0.717, 1.165) is 16.7 Å². The van der Waals surface area contributed by atoms with E-state index < -0.39 is 71.7 Å². The lowest BCUT2D eigenvalue weighted by atomic mass is 10.0. The average molecular weight is 2110 g/mol. The number of esters is 4. The van der Waals surface area contributed by atoms with Crippen molar-refractivity contribution in [3.05, 3.63) is 328 Å². The van der Waals surface area contributed by atoms with Crippen LogP contribution in [-0.4, -0.2) is 176 Å². The van der Waals surface area contributed by atoms with Gasteiger partial charge in [0.2, 0.25) is 23.6 Å². The molecule has 0 saturated carbocycles. The third kappa shape index (κ3) is 27.3. The maximum atomic E-state index is 13.3. The van der Waals surface area contributed by atoms with Gasteiger partial charge in [0.1, 0.15) is 29.8 Å². The van der Waals surface area contributed by atoms with E-state index in [9.17, 15) is 79.2 Å². The molecule has 0 aliphatic heterocycles. The first-order valence-corrected chi connectivity index (χ1v) is 47.6. The maximum absolute atomic E-state index is 13.3. The highest BCUT2D eigenvalue weighted by molar-refractivity contribution is 6.37. The zero-order valence-electron chi connectivity index (χ0n) is 77.0. The molecule has 0 spiro atoms. The van der Waals surface area contributed by atoms with E-state index in [1.54, 1.807) is 167 Å². The van der Waals surface area contributed by atoms with Gasteiger partial charge in [-0.1, -0.05) is 202 Å². The normalized spacial score (nSPS) is 11.9. The highest BCUT2D eigenvalue weighted by atomic mass is 35.5. The molecule has 0 saturated heterocycles. The number of pyridine rings is 4. The second-order valence-electron chi connectivity index (χ2n) is 32.2. The number of nitrogens with zero attached hydrogens (tertiary/aromatic N) is 8. The van der Waals surface area contributed by atoms with Gasteiger partial charge >= 0.3 is 23.9 Å². The Hall–Kier alpha value is -15.0. The Morgan fingerprint density at radius 1 is 0.285 bits per heavy atom. The standard InChI is InChI=1S/C26H22Cl3N3O5.2C26H23Cl2N3O5.C26H24ClN3O5/c1-2-37-26(36)19(9-14-3-8-21(33)22(34)10-14)30-23(35)12-20-24(15-4-6-16(27)7-5-15)31-25-18(29)11-17(28)13-32(20)25;1-2-36-26(35)19(11-15-3-9-21(32)22(33)12-15)29-24(34)13-20-25(16-4-6-17(27)7-5-16)30-23-10-8-18(28)14-31(20)23;1-2-36-26(35)19(10-15-8-9-21(32)22(33)11-15)29-23(34)13-20-24(16-6-4-3-5-7-16)30-25-18(28)12-17(27)14-31(20)25;1-2-35-26(34)19(13-16-10-11-21(31)22(32)14-16)28-23(33)15-20-24(17-7-4-3-5-8-17)29-25-18(27)9-6-12-30(20)25/h3-8,10-11,13,19,33-34H,2,9,12H2,1H3,(H,30,35);3-10,12,14,19,32-33H,2,11,13H2,1H3,(H,29,34);3-9,11-12,14,19,32-33H,2,10,13H2,1H3,(H,29,34);3-12,14,19,31-32H,2,13,15H2,1H3,(H,28,33). The van der Waals surface area contributed by atoms with Crippen LogP contribution in [0.2, 0.25) is 40.2 Å². The van der Waals surface area contributed by atoms with Crippen LogP contribution in [0.15, 0.2) is 243 Å². The number of carbonyl (C=O) groups excluding carboxylic acids is 8. The number of carbonyl (C=O) groups is 8. The molecule has 8 aromatic heterocycles. The van der Waals surface area contributed by atoms with Gasteiger partial charge in [-0.05, 0) is 159 Å². The summed E-state index contributed by atoms with van der Waals surface area (Å²) in [5, 5.41) is 91.8. The summed E-state index contributed by atoms with van der Waals surface area (Å²) in [6.07, 6.45) is 6.46. The lowest BCUT2D eigenvalue weighted by Crippen LogP contribution is -2.44. The van der Waals surface area contributed by atoms with Crippen LogP contribution in [0.3, 0.4) is 0 Å². The number of benzene rings is 8. The molecule has 144 heavy (non-hydrogen) atoms. The fourth-order valence-corrected chi connectivity index (χ4v) is 17.1. The predicted octanol–water partition coefficient (Wildman–Crippen LogP) is 18.2. The van der Waals surface area contributed by atoms with Crippen LogP contribution in [0.1, 0.15) is 72.7 Å². The Balaban J connectivity index is 0.000000161. The molecule has 32 nitrogen and oxygen atoms in total. The van der Waals surface area contributed by atoms with Crippen molar-refractivity contribution in [1.82, 2.24) is 58.8 Å². The van der Waals surface area contributed by atoms with Crippen LogP contribution in [0.25, 0.3) is 67.6 Å². The molecule has 0 bridgehead atoms. The molecule has 0 aliphatic carbocycles. The SMILES string of the molecule is CCOC(=O)C(Cc1ccc(O)c(O)c1)NC(=O)Cc1c(-c2ccc(Cl)cc2)nc2c(Cl)cc(Cl)cn12.CCOC(=O)C(Cc1ccc(O)c(O)c1)NC(=O)Cc1c(-c2ccc(Cl)cc2)nc2ccc(Cl)cn12.CCOC(=O)C(Cc1ccc(O)c(O)c1)NC(=O)Cc1c(-c2ccccc2)nc2c(Cl)cc(Cl)cn12.CCOC(=O)C(Cc1ccc(O)c(O)c1)NC(=O)Cc1c(-c2ccccc2)nc2c(Cl)cccn12. The van der Waals surface area contributed by atoms with Gasteiger partial charge in [-0.3, -0.25) is 19.2 Å². The van der Waals surface area contributed by atoms with E-state index in [-0.39, 0.29) is 124 Å². The fourth-order valence-electron chi connectivity index (χ4n) is 15.5. The third-order valence-electron chi connectivity index (χ3n) is 22.0. The lowest BCUT2D eigenvalue weighted by Gasteiger charge is -2.18. The first-order chi connectivity index (χ1) is 69.0. The summed E-state index contributed by atoms with van der Waals surface area (Å²) in [5.74, 6) is -6.67. The van der Waals surface area contributed by atoms with Crippen molar-refractivity contribution >= 4 is 163 Å². The molecular weight excluding hydrogens is 2020 g/mol. The molecule has 16 rings (SSSR count). The molecule has 0 radical (unpaired) electrons. The minimum absolute atomic E-state index is 0.0350. The Labute approximate surface area is 862 Å². The van der Waals surface area contributed by atoms with Crippen LogP contribution in [0.4, 0.5) is 0 Å². The van der Waals surface area contributed by atoms with Crippen LogP contribution in [0, 0.1) is 0 Å². The van der Waals surface area contributed by atoms with Crippen molar-refractivity contribution in [1.29, 1.82) is 0 Å². The van der Waals surface area contributed by atoms with Gasteiger partial charge in [0.25, 0.3) is 0 Å². The van der Waals surface area contributed by atoms with Crippen molar-refractivity contribution in [2.75, 3.05) is 26.4 Å². The van der Waals surface area contributed by atoms with Gasteiger partial charge in [-0.15, -0.1) is 0 Å². The molecule has 744 valence electrons. The summed E-state index contributed by atoms with van der Waals surface area (Å²) >= 11 is 49.9. The minimum Gasteiger partial charge on any atom is -0.504 e. The van der Waals surface area contributed by atoms with Crippen molar-refractivity contribution in [2.24, 2.45) is 0 Å². The van der Waals surface area contributed by atoms with Crippen LogP contribution < -0.4 is 21.3 Å². The number of rotatable bonds is 32. The van der Waals surface area contributed by atoms with Gasteiger partial charge < -0.3 is 98.7 Å². The molecule has 4 atom stereocenters. The largest absolute Gasteiger partial charge is 0.504 e. The van der Waals surface area contributed by atoms with Crippen molar-refractivity contribution in [2.45, 2.75) is 103 Å². The predicted molar refractivity (Wildman–Crippen MR) is 546 cm³/mol. The number of phenols is 8. The minimum atomic E-state index is -1.04. The number of aromatic hydroxyl groups is 8. The number of nitrogens with one attached hydrogen (secondary N) is 4. The molecule has 16 aromatic rings. The molecule has 40 heteroatoms. The van der Waals surface area contributed by atoms with Gasteiger partial charge in [0.15, 0.2) is 62.9 Å². The van der Waals surface area contributed by atoms with Gasteiger partial charge in [-0.2, -0.15) is 0 Å². The number of ether oxygens (including phenoxy) is 4. The summed E-state index contributed by atoms with van der Waals surface area (Å²) in [6.45, 7) is 7.22. The number of aromatic nitrogens is 8. The molecule has 8 aromatic carbocycles. The lowest BCUT2D eigenvalue weighted by molar-refractivity contribution is -0.147. The number of imidazole rings is 4. The molecule has 8 heterocycles. The van der Waals surface area contributed by atoms with Gasteiger partial charge in [0, 0.05) is 82.8 Å². The Morgan fingerprint density at radius 3 is 0.875 bits per heavy atom. The molecule has 4 amide bonds. The Bertz CT molecular complexity index is 7420. The smallest absolute Gasteiger partial charge is 0.328 e. The molecule has 0 aliphatic rings. The fraction of sp³-hybridized carbons (Fsp3) is 0.192. The summed E-state index contributed by atoms with van der Waals surface area (Å²) in [4.78, 5) is 122. The monoisotopic (exact) mass is 2110 g/mol. The topological polar surface area (TPSA) is 453 Å². The Kier molecular flexibility index (Phi) is 36.3. The van der Waals surface area contributed by atoms with Crippen molar-refractivity contribution in [3.8, 4) is 91.0 Å². The van der Waals surface area contributed by atoms with Crippen LogP contribution >= 0.6 is 92.8 Å². The zero-order chi connectivity index (χ0) is 103. The van der Waals surface area contributed by atoms with Crippen molar-refractivity contribution in [3.63, 3.8) is 0 Å². The maximum Gasteiger partial charge on any atom is 0.328 e. The number of amides is 4. The van der Waals surface area contributed by atoms with Gasteiger partial charge in [0.05, 0.1) is 128 Å². The second kappa shape index (κ2) is 49.1. The molecule has 12 N–H and O–H groups in total. The molecular formula is C104H92Cl8N12O20. The number of hydrogen-bond donors (Lipinski definition) is 12. The summed E-state index contributed by atoms with van der Waals surface area (Å²) < 4.78 is 27.4. The summed E-state index contributed by atoms with van der Waals surface area (Å²) in [5.41, 5.74) is 11.7. The van der Waals surface area contributed by atoms with Crippen molar-refractivity contribution < 1.29 is 98.2 Å². The number of hydrogen-bond acceptors (Lipinski definition) is 24. The number of fused-ring (bicyclic) bond motifs is 4. The third-order valence-corrected chi connectivity index (χ3v) is 24.0. The first kappa shape index (κ1) is 106. The number of phenolic OH excluding ortho intramolecular Hbond substituents is 8. The number of halogens is 8. The van der Waals surface area contributed by atoms with Crippen LogP contribution in [0.5, 0.6) is 46.0 Å². The summed E-state index contributed by atoms with van der Waals surface area (Å²) in [7, 11) is 0. The quantitative estimate of drug-likeness (QED) is 0.0106. The van der Waals surface area contributed by atoms with Gasteiger partial charge in [-0.25, -0.2) is 39.1 Å². The first-order valence-electron chi connectivity index (χ1n) is 44.6. The Morgan fingerprint density at radius 2 is 0.562 bits per heavy atom. The van der Waals surface area contributed by atoms with E-state index in [1.165, 1.54) is 48.5 Å². The van der Waals surface area contributed by atoms with Crippen LogP contribution in [-0.2, 0) is 109 Å². The highest BCUT2D eigenvalue weighted by Gasteiger charge is 2.32.